The number of rotatable bonds is 4. The Labute approximate surface area is 133 Å². The molecule has 0 fully saturated rings. The minimum atomic E-state index is -1.05. The van der Waals surface area contributed by atoms with Crippen molar-refractivity contribution in [2.75, 3.05) is 5.32 Å². The maximum Gasteiger partial charge on any atom is 0.252 e. The quantitative estimate of drug-likeness (QED) is 0.775. The molecule has 5 nitrogen and oxygen atoms in total. The number of pyridine rings is 1. The van der Waals surface area contributed by atoms with Crippen molar-refractivity contribution in [1.29, 1.82) is 0 Å². The molecule has 3 rings (SSSR count). The Morgan fingerprint density at radius 1 is 1.13 bits per heavy atom. The second kappa shape index (κ2) is 6.46. The first kappa shape index (κ1) is 15.0. The summed E-state index contributed by atoms with van der Waals surface area (Å²) in [5.41, 5.74) is 1.47. The summed E-state index contributed by atoms with van der Waals surface area (Å²) in [5.74, 6) is 0.923. The van der Waals surface area contributed by atoms with Gasteiger partial charge in [0.25, 0.3) is 5.91 Å². The second-order valence-electron chi connectivity index (χ2n) is 5.12. The molecule has 0 aliphatic rings. The fraction of sp³-hybridized carbons (Fsp3) is 0.111. The van der Waals surface area contributed by atoms with E-state index in [-0.39, 0.29) is 0 Å². The SMILES string of the molecule is C[C@@H](O)C(=O)Nc1ccc(Oc2ccnc3ccccc23)cc1. The molecule has 1 aromatic heterocycles. The third-order valence-corrected chi connectivity index (χ3v) is 3.34. The van der Waals surface area contributed by atoms with Crippen LogP contribution in [-0.4, -0.2) is 22.1 Å². The molecule has 116 valence electrons. The molecule has 0 saturated heterocycles. The topological polar surface area (TPSA) is 71.5 Å². The number of para-hydroxylation sites is 1. The van der Waals surface area contributed by atoms with Gasteiger partial charge in [-0.25, -0.2) is 0 Å². The van der Waals surface area contributed by atoms with E-state index >= 15 is 0 Å². The molecular weight excluding hydrogens is 292 g/mol. The van der Waals surface area contributed by atoms with Crippen LogP contribution in [0.2, 0.25) is 0 Å². The van der Waals surface area contributed by atoms with E-state index in [1.807, 2.05) is 30.3 Å². The molecule has 23 heavy (non-hydrogen) atoms. The molecule has 2 aromatic carbocycles. The highest BCUT2D eigenvalue weighted by Gasteiger charge is 2.09. The van der Waals surface area contributed by atoms with E-state index in [0.29, 0.717) is 11.4 Å². The van der Waals surface area contributed by atoms with E-state index in [2.05, 4.69) is 10.3 Å². The van der Waals surface area contributed by atoms with Crippen LogP contribution < -0.4 is 10.1 Å². The molecule has 0 unspecified atom stereocenters. The summed E-state index contributed by atoms with van der Waals surface area (Å²) >= 11 is 0. The maximum absolute atomic E-state index is 11.4. The van der Waals surface area contributed by atoms with Crippen molar-refractivity contribution in [3.8, 4) is 11.5 Å². The number of fused-ring (bicyclic) bond motifs is 1. The Morgan fingerprint density at radius 2 is 1.87 bits per heavy atom. The number of ether oxygens (including phenoxy) is 1. The van der Waals surface area contributed by atoms with Gasteiger partial charge in [0.05, 0.1) is 5.52 Å². The molecule has 0 aliphatic heterocycles. The van der Waals surface area contributed by atoms with Crippen LogP contribution in [0.3, 0.4) is 0 Å². The fourth-order valence-electron chi connectivity index (χ4n) is 2.14. The number of anilines is 1. The fourth-order valence-corrected chi connectivity index (χ4v) is 2.14. The van der Waals surface area contributed by atoms with Crippen LogP contribution in [-0.2, 0) is 4.79 Å². The van der Waals surface area contributed by atoms with E-state index in [0.717, 1.165) is 16.7 Å². The molecule has 1 heterocycles. The number of carbonyl (C=O) groups excluding carboxylic acids is 1. The second-order valence-corrected chi connectivity index (χ2v) is 5.12. The number of aromatic nitrogens is 1. The lowest BCUT2D eigenvalue weighted by molar-refractivity contribution is -0.123. The molecule has 3 aromatic rings. The zero-order valence-corrected chi connectivity index (χ0v) is 12.6. The van der Waals surface area contributed by atoms with Gasteiger partial charge in [-0.1, -0.05) is 12.1 Å². The lowest BCUT2D eigenvalue weighted by Gasteiger charge is -2.10. The molecule has 0 saturated carbocycles. The van der Waals surface area contributed by atoms with Gasteiger partial charge in [0, 0.05) is 17.3 Å². The molecule has 0 radical (unpaired) electrons. The van der Waals surface area contributed by atoms with E-state index in [1.165, 1.54) is 6.92 Å². The van der Waals surface area contributed by atoms with Crippen molar-refractivity contribution in [3.05, 3.63) is 60.8 Å². The van der Waals surface area contributed by atoms with Crippen LogP contribution in [0.4, 0.5) is 5.69 Å². The van der Waals surface area contributed by atoms with Crippen LogP contribution >= 0.6 is 0 Å². The van der Waals surface area contributed by atoms with Gasteiger partial charge in [-0.2, -0.15) is 0 Å². The molecular formula is C18H16N2O3. The van der Waals surface area contributed by atoms with E-state index in [1.54, 1.807) is 30.5 Å². The van der Waals surface area contributed by atoms with E-state index in [4.69, 9.17) is 4.74 Å². The highest BCUT2D eigenvalue weighted by molar-refractivity contribution is 5.93. The number of carbonyl (C=O) groups is 1. The Morgan fingerprint density at radius 3 is 2.61 bits per heavy atom. The predicted molar refractivity (Wildman–Crippen MR) is 88.6 cm³/mol. The van der Waals surface area contributed by atoms with E-state index < -0.39 is 12.0 Å². The van der Waals surface area contributed by atoms with E-state index in [9.17, 15) is 9.90 Å². The van der Waals surface area contributed by atoms with Gasteiger partial charge in [-0.15, -0.1) is 0 Å². The van der Waals surface area contributed by atoms with Crippen LogP contribution in [0.1, 0.15) is 6.92 Å². The molecule has 5 heteroatoms. The largest absolute Gasteiger partial charge is 0.457 e. The first-order valence-electron chi connectivity index (χ1n) is 7.24. The molecule has 0 bridgehead atoms. The summed E-state index contributed by atoms with van der Waals surface area (Å²) in [5, 5.41) is 12.7. The van der Waals surface area contributed by atoms with Crippen molar-refractivity contribution >= 4 is 22.5 Å². The highest BCUT2D eigenvalue weighted by Crippen LogP contribution is 2.29. The van der Waals surface area contributed by atoms with Crippen LogP contribution in [0.25, 0.3) is 10.9 Å². The van der Waals surface area contributed by atoms with Crippen molar-refractivity contribution in [3.63, 3.8) is 0 Å². The zero-order chi connectivity index (χ0) is 16.2. The number of nitrogens with one attached hydrogen (secondary N) is 1. The molecule has 0 spiro atoms. The Balaban J connectivity index is 1.79. The minimum absolute atomic E-state index is 0.446. The number of hydrogen-bond acceptors (Lipinski definition) is 4. The summed E-state index contributed by atoms with van der Waals surface area (Å²) in [6.07, 6.45) is 0.656. The highest BCUT2D eigenvalue weighted by atomic mass is 16.5. The standard InChI is InChI=1S/C18H16N2O3/c1-12(21)18(22)20-13-6-8-14(9-7-13)23-17-10-11-19-16-5-3-2-4-15(16)17/h2-12,21H,1H3,(H,20,22)/t12-/m1/s1. The molecule has 1 atom stereocenters. The minimum Gasteiger partial charge on any atom is -0.457 e. The average molecular weight is 308 g/mol. The monoisotopic (exact) mass is 308 g/mol. The maximum atomic E-state index is 11.4. The molecule has 2 N–H and O–H groups in total. The Kier molecular flexibility index (Phi) is 4.21. The third-order valence-electron chi connectivity index (χ3n) is 3.34. The normalized spacial score (nSPS) is 11.9. The van der Waals surface area contributed by atoms with Gasteiger partial charge >= 0.3 is 0 Å². The number of aliphatic hydroxyl groups is 1. The first-order chi connectivity index (χ1) is 11.1. The average Bonchev–Trinajstić information content (AvgIpc) is 2.57. The molecule has 0 aliphatic carbocycles. The van der Waals surface area contributed by atoms with Crippen LogP contribution in [0.15, 0.2) is 60.8 Å². The van der Waals surface area contributed by atoms with Crippen molar-refractivity contribution in [2.45, 2.75) is 13.0 Å². The summed E-state index contributed by atoms with van der Waals surface area (Å²) < 4.78 is 5.90. The number of benzene rings is 2. The van der Waals surface area contributed by atoms with Crippen LogP contribution in [0.5, 0.6) is 11.5 Å². The van der Waals surface area contributed by atoms with Crippen molar-refractivity contribution in [2.24, 2.45) is 0 Å². The molecule has 1 amide bonds. The Hall–Kier alpha value is -2.92. The van der Waals surface area contributed by atoms with Gasteiger partial charge in [-0.3, -0.25) is 9.78 Å². The summed E-state index contributed by atoms with van der Waals surface area (Å²) in [6.45, 7) is 1.42. The zero-order valence-electron chi connectivity index (χ0n) is 12.6. The van der Waals surface area contributed by atoms with Crippen LogP contribution in [0, 0.1) is 0 Å². The van der Waals surface area contributed by atoms with Gasteiger partial charge in [-0.05, 0) is 49.4 Å². The number of aliphatic hydroxyl groups excluding tert-OH is 1. The Bertz CT molecular complexity index is 824. The lowest BCUT2D eigenvalue weighted by atomic mass is 10.2. The number of hydrogen-bond donors (Lipinski definition) is 2. The van der Waals surface area contributed by atoms with Gasteiger partial charge < -0.3 is 15.2 Å². The van der Waals surface area contributed by atoms with Gasteiger partial charge in [0.1, 0.15) is 17.6 Å². The van der Waals surface area contributed by atoms with Crippen molar-refractivity contribution in [1.82, 2.24) is 4.98 Å². The summed E-state index contributed by atoms with van der Waals surface area (Å²) in [7, 11) is 0. The van der Waals surface area contributed by atoms with Crippen molar-refractivity contribution < 1.29 is 14.6 Å². The smallest absolute Gasteiger partial charge is 0.252 e. The lowest BCUT2D eigenvalue weighted by Crippen LogP contribution is -2.24. The predicted octanol–water partition coefficient (Wildman–Crippen LogP) is 3.35. The number of nitrogens with zero attached hydrogens (tertiary/aromatic N) is 1. The summed E-state index contributed by atoms with van der Waals surface area (Å²) in [6, 6.07) is 16.5. The van der Waals surface area contributed by atoms with Gasteiger partial charge in [0.2, 0.25) is 0 Å². The van der Waals surface area contributed by atoms with Gasteiger partial charge in [0.15, 0.2) is 0 Å². The summed E-state index contributed by atoms with van der Waals surface area (Å²) in [4.78, 5) is 15.7. The first-order valence-corrected chi connectivity index (χ1v) is 7.24. The number of amides is 1. The third kappa shape index (κ3) is 3.46.